The van der Waals surface area contributed by atoms with E-state index in [-0.39, 0.29) is 6.61 Å². The van der Waals surface area contributed by atoms with Gasteiger partial charge in [0.25, 0.3) is 0 Å². The summed E-state index contributed by atoms with van der Waals surface area (Å²) in [6.45, 7) is 4.18. The number of ether oxygens (including phenoxy) is 1. The van der Waals surface area contributed by atoms with Crippen LogP contribution in [0.1, 0.15) is 19.4 Å². The Morgan fingerprint density at radius 1 is 1.29 bits per heavy atom. The van der Waals surface area contributed by atoms with Gasteiger partial charge in [0.05, 0.1) is 5.41 Å². The number of carboxylic acids is 1. The summed E-state index contributed by atoms with van der Waals surface area (Å²) < 4.78 is 5.24. The van der Waals surface area contributed by atoms with Gasteiger partial charge < -0.3 is 14.7 Å². The maximum absolute atomic E-state index is 12.0. The number of carbonyl (C=O) groups excluding carboxylic acids is 1. The van der Waals surface area contributed by atoms with Crippen molar-refractivity contribution in [3.63, 3.8) is 0 Å². The van der Waals surface area contributed by atoms with Crippen LogP contribution in [-0.4, -0.2) is 35.2 Å². The minimum absolute atomic E-state index is 0.216. The summed E-state index contributed by atoms with van der Waals surface area (Å²) in [7, 11) is 0. The van der Waals surface area contributed by atoms with Crippen LogP contribution in [0.25, 0.3) is 0 Å². The normalized spacial score (nSPS) is 14.8. The van der Waals surface area contributed by atoms with Crippen LogP contribution in [0.15, 0.2) is 42.0 Å². The third-order valence-corrected chi connectivity index (χ3v) is 3.72. The topological polar surface area (TPSA) is 66.8 Å². The lowest BCUT2D eigenvalue weighted by Crippen LogP contribution is -2.33. The van der Waals surface area contributed by atoms with Crippen molar-refractivity contribution >= 4 is 12.1 Å². The zero-order chi connectivity index (χ0) is 15.5. The van der Waals surface area contributed by atoms with Crippen molar-refractivity contribution in [2.45, 2.75) is 20.5 Å². The Morgan fingerprint density at radius 3 is 2.57 bits per heavy atom. The van der Waals surface area contributed by atoms with E-state index in [4.69, 9.17) is 4.74 Å². The van der Waals surface area contributed by atoms with Crippen molar-refractivity contribution in [3.8, 4) is 0 Å². The SMILES string of the molecule is CC(C)(C(=O)O)C1=CCN(C(=O)OCc2ccccc2)C1. The van der Waals surface area contributed by atoms with E-state index < -0.39 is 17.5 Å². The van der Waals surface area contributed by atoms with Gasteiger partial charge in [0.1, 0.15) is 6.61 Å². The first-order chi connectivity index (χ1) is 9.91. The minimum Gasteiger partial charge on any atom is -0.481 e. The fraction of sp³-hybridized carbons (Fsp3) is 0.375. The Kier molecular flexibility index (Phi) is 4.31. The van der Waals surface area contributed by atoms with E-state index in [9.17, 15) is 14.7 Å². The highest BCUT2D eigenvalue weighted by Crippen LogP contribution is 2.30. The Balaban J connectivity index is 1.88. The largest absolute Gasteiger partial charge is 0.481 e. The molecule has 1 aliphatic heterocycles. The van der Waals surface area contributed by atoms with Gasteiger partial charge in [0.2, 0.25) is 0 Å². The number of hydrogen-bond donors (Lipinski definition) is 1. The average Bonchev–Trinajstić information content (AvgIpc) is 2.96. The number of carboxylic acid groups (broad SMARTS) is 1. The van der Waals surface area contributed by atoms with Crippen molar-refractivity contribution in [2.75, 3.05) is 13.1 Å². The summed E-state index contributed by atoms with van der Waals surface area (Å²) in [5.41, 5.74) is 0.685. The molecule has 0 bridgehead atoms. The molecule has 112 valence electrons. The standard InChI is InChI=1S/C16H19NO4/c1-16(2,14(18)19)13-8-9-17(10-13)15(20)21-11-12-6-4-3-5-7-12/h3-8H,9-11H2,1-2H3,(H,18,19). The van der Waals surface area contributed by atoms with E-state index >= 15 is 0 Å². The predicted molar refractivity (Wildman–Crippen MR) is 77.7 cm³/mol. The van der Waals surface area contributed by atoms with Crippen molar-refractivity contribution < 1.29 is 19.4 Å². The first-order valence-corrected chi connectivity index (χ1v) is 6.80. The molecule has 21 heavy (non-hydrogen) atoms. The third-order valence-electron chi connectivity index (χ3n) is 3.72. The van der Waals surface area contributed by atoms with Gasteiger partial charge in [-0.05, 0) is 25.0 Å². The summed E-state index contributed by atoms with van der Waals surface area (Å²) >= 11 is 0. The van der Waals surface area contributed by atoms with Gasteiger partial charge in [0, 0.05) is 13.1 Å². The molecular weight excluding hydrogens is 270 g/mol. The second-order valence-electron chi connectivity index (χ2n) is 5.58. The Bertz CT molecular complexity index is 563. The molecule has 0 aliphatic carbocycles. The second kappa shape index (κ2) is 5.99. The van der Waals surface area contributed by atoms with Gasteiger partial charge in [-0.2, -0.15) is 0 Å². The maximum Gasteiger partial charge on any atom is 0.410 e. The summed E-state index contributed by atoms with van der Waals surface area (Å²) in [5.74, 6) is -0.895. The van der Waals surface area contributed by atoms with Gasteiger partial charge in [-0.1, -0.05) is 36.4 Å². The molecule has 5 heteroatoms. The lowest BCUT2D eigenvalue weighted by atomic mass is 9.85. The molecule has 1 aliphatic rings. The molecule has 1 N–H and O–H groups in total. The average molecular weight is 289 g/mol. The van der Waals surface area contributed by atoms with Crippen molar-refractivity contribution in [1.82, 2.24) is 4.90 Å². The molecule has 0 saturated carbocycles. The molecule has 0 saturated heterocycles. The number of nitrogens with zero attached hydrogens (tertiary/aromatic N) is 1. The molecule has 0 atom stereocenters. The van der Waals surface area contributed by atoms with E-state index in [0.29, 0.717) is 13.1 Å². The van der Waals surface area contributed by atoms with Gasteiger partial charge in [-0.15, -0.1) is 0 Å². The quantitative estimate of drug-likeness (QED) is 0.865. The molecule has 1 heterocycles. The first-order valence-electron chi connectivity index (χ1n) is 6.80. The van der Waals surface area contributed by atoms with Crippen molar-refractivity contribution in [2.24, 2.45) is 5.41 Å². The van der Waals surface area contributed by atoms with Crippen LogP contribution in [-0.2, 0) is 16.1 Å². The highest BCUT2D eigenvalue weighted by atomic mass is 16.6. The molecule has 0 unspecified atom stereocenters. The Hall–Kier alpha value is -2.30. The molecule has 1 aromatic carbocycles. The van der Waals surface area contributed by atoms with Crippen LogP contribution >= 0.6 is 0 Å². The summed E-state index contributed by atoms with van der Waals surface area (Å²) in [5, 5.41) is 9.20. The molecule has 1 amide bonds. The number of hydrogen-bond acceptors (Lipinski definition) is 3. The number of aliphatic carboxylic acids is 1. The smallest absolute Gasteiger partial charge is 0.410 e. The van der Waals surface area contributed by atoms with E-state index in [2.05, 4.69) is 0 Å². The molecule has 0 aromatic heterocycles. The minimum atomic E-state index is -0.964. The number of amides is 1. The van der Waals surface area contributed by atoms with Crippen LogP contribution in [0, 0.1) is 5.41 Å². The maximum atomic E-state index is 12.0. The van der Waals surface area contributed by atoms with Gasteiger partial charge in [-0.25, -0.2) is 4.79 Å². The van der Waals surface area contributed by atoms with Crippen LogP contribution in [0.2, 0.25) is 0 Å². The van der Waals surface area contributed by atoms with Gasteiger partial charge >= 0.3 is 12.1 Å². The van der Waals surface area contributed by atoms with E-state index in [1.165, 1.54) is 4.90 Å². The summed E-state index contributed by atoms with van der Waals surface area (Å²) in [6, 6.07) is 9.43. The third kappa shape index (κ3) is 3.42. The first kappa shape index (κ1) is 15.1. The lowest BCUT2D eigenvalue weighted by molar-refractivity contribution is -0.144. The molecule has 1 aromatic rings. The van der Waals surface area contributed by atoms with Crippen LogP contribution in [0.4, 0.5) is 4.79 Å². The predicted octanol–water partition coefficient (Wildman–Crippen LogP) is 2.68. The van der Waals surface area contributed by atoms with Crippen LogP contribution in [0.3, 0.4) is 0 Å². The van der Waals surface area contributed by atoms with E-state index in [0.717, 1.165) is 11.1 Å². The van der Waals surface area contributed by atoms with Crippen LogP contribution < -0.4 is 0 Å². The number of benzene rings is 1. The van der Waals surface area contributed by atoms with Gasteiger partial charge in [-0.3, -0.25) is 4.79 Å². The summed E-state index contributed by atoms with van der Waals surface area (Å²) in [4.78, 5) is 24.7. The molecule has 2 rings (SSSR count). The Morgan fingerprint density at radius 2 is 1.95 bits per heavy atom. The monoisotopic (exact) mass is 289 g/mol. The molecule has 5 nitrogen and oxygen atoms in total. The second-order valence-corrected chi connectivity index (χ2v) is 5.58. The fourth-order valence-corrected chi connectivity index (χ4v) is 2.09. The zero-order valence-corrected chi connectivity index (χ0v) is 12.2. The van der Waals surface area contributed by atoms with Crippen molar-refractivity contribution in [3.05, 3.63) is 47.5 Å². The number of carbonyl (C=O) groups is 2. The molecular formula is C16H19NO4. The zero-order valence-electron chi connectivity index (χ0n) is 12.2. The van der Waals surface area contributed by atoms with Crippen LogP contribution in [0.5, 0.6) is 0 Å². The molecule has 0 fully saturated rings. The molecule has 0 radical (unpaired) electrons. The van der Waals surface area contributed by atoms with Crippen molar-refractivity contribution in [1.29, 1.82) is 0 Å². The highest BCUT2D eigenvalue weighted by molar-refractivity contribution is 5.79. The van der Waals surface area contributed by atoms with E-state index in [1.807, 2.05) is 30.3 Å². The van der Waals surface area contributed by atoms with Gasteiger partial charge in [0.15, 0.2) is 0 Å². The van der Waals surface area contributed by atoms with E-state index in [1.54, 1.807) is 19.9 Å². The molecule has 0 spiro atoms. The highest BCUT2D eigenvalue weighted by Gasteiger charge is 2.36. The number of rotatable bonds is 4. The lowest BCUT2D eigenvalue weighted by Gasteiger charge is -2.23. The Labute approximate surface area is 123 Å². The summed E-state index contributed by atoms with van der Waals surface area (Å²) in [6.07, 6.45) is 1.36. The fourth-order valence-electron chi connectivity index (χ4n) is 2.09.